The van der Waals surface area contributed by atoms with Crippen LogP contribution in [0.2, 0.25) is 0 Å². The molecule has 0 aliphatic heterocycles. The fourth-order valence-corrected chi connectivity index (χ4v) is 8.15. The summed E-state index contributed by atoms with van der Waals surface area (Å²) >= 11 is 0. The number of aliphatic hydroxyl groups is 2. The van der Waals surface area contributed by atoms with Gasteiger partial charge in [0, 0.05) is 29.2 Å². The minimum atomic E-state index is -1.15. The maximum atomic E-state index is 15.4. The van der Waals surface area contributed by atoms with E-state index in [0.717, 1.165) is 6.07 Å². The number of anilines is 1. The molecule has 0 heterocycles. The minimum absolute atomic E-state index is 0.00157. The molecule has 0 bridgehead atoms. The van der Waals surface area contributed by atoms with Gasteiger partial charge < -0.3 is 31.7 Å². The van der Waals surface area contributed by atoms with Crippen LogP contribution in [0.1, 0.15) is 31.4 Å². The molecule has 6 atom stereocenters. The monoisotopic (exact) mass is 560 g/mol. The number of alkyl halides is 1. The molecular formula is C28H34F2N4O6. The number of likely N-dealkylation sites (N-methyl/N-ethyl adjacent to an activating group) is 1. The summed E-state index contributed by atoms with van der Waals surface area (Å²) in [7, 11) is 3.46. The second-order valence-corrected chi connectivity index (χ2v) is 11.7. The van der Waals surface area contributed by atoms with Crippen LogP contribution in [-0.2, 0) is 20.8 Å². The first-order valence-electron chi connectivity index (χ1n) is 13.3. The molecule has 2 fully saturated rings. The summed E-state index contributed by atoms with van der Waals surface area (Å²) in [6, 6.07) is 0.249. The van der Waals surface area contributed by atoms with Crippen LogP contribution in [0.15, 0.2) is 23.0 Å². The third-order valence-corrected chi connectivity index (χ3v) is 9.84. The van der Waals surface area contributed by atoms with Gasteiger partial charge in [-0.1, -0.05) is 13.8 Å². The number of phenolic OH excluding ortho intramolecular Hbond substituents is 1. The number of Topliss-reactive ketones (excluding diaryl/α,β-unsaturated/α-hetero) is 1. The number of carbonyl (C=O) groups excluding carboxylic acids is 3. The number of hydrogen-bond donors (Lipinski definition) is 6. The molecule has 0 saturated heterocycles. The smallest absolute Gasteiger partial charge is 0.248 e. The van der Waals surface area contributed by atoms with E-state index in [1.54, 1.807) is 25.9 Å². The Morgan fingerprint density at radius 1 is 1.25 bits per heavy atom. The normalized spacial score (nSPS) is 32.3. The largest absolute Gasteiger partial charge is 0.510 e. The summed E-state index contributed by atoms with van der Waals surface area (Å²) in [4.78, 5) is 41.0. The van der Waals surface area contributed by atoms with E-state index in [9.17, 15) is 34.1 Å². The first-order valence-corrected chi connectivity index (χ1v) is 13.3. The van der Waals surface area contributed by atoms with Crippen LogP contribution >= 0.6 is 0 Å². The predicted molar refractivity (Wildman–Crippen MR) is 141 cm³/mol. The molecule has 4 aliphatic rings. The maximum absolute atomic E-state index is 15.4. The number of nitrogens with one attached hydrogen (secondary N) is 2. The van der Waals surface area contributed by atoms with Crippen molar-refractivity contribution in [3.63, 3.8) is 0 Å². The van der Waals surface area contributed by atoms with E-state index in [1.807, 2.05) is 6.92 Å². The van der Waals surface area contributed by atoms with Crippen molar-refractivity contribution >= 4 is 29.0 Å². The van der Waals surface area contributed by atoms with Gasteiger partial charge in [0.25, 0.3) is 0 Å². The zero-order valence-corrected chi connectivity index (χ0v) is 22.8. The Balaban J connectivity index is 1.62. The standard InChI is InChI=1S/C28H34F2N4O6/c1-11-27(2)20(26(31)40)24(38)21(34(3)4)14-8-12-7-13-15(30)9-16(33-17(35)10-32-6-5-29)22(36)19(13)23(37)18(12)25(39)28(11,14)27/h9,11-12,14,21,32,36-38H,5-8,10H2,1-4H3,(H2,31,40)(H,33,35)/t11?,12-,14-,21-,27?,28+/m0/s1. The van der Waals surface area contributed by atoms with Crippen molar-refractivity contribution in [3.05, 3.63) is 39.9 Å². The van der Waals surface area contributed by atoms with Crippen LogP contribution in [0, 0.1) is 34.4 Å². The van der Waals surface area contributed by atoms with Gasteiger partial charge in [-0.25, -0.2) is 8.78 Å². The number of allylic oxidation sites excluding steroid dienone is 1. The maximum Gasteiger partial charge on any atom is 0.248 e. The number of amides is 2. The van der Waals surface area contributed by atoms with Gasteiger partial charge in [0.05, 0.1) is 34.8 Å². The van der Waals surface area contributed by atoms with Gasteiger partial charge in [0.2, 0.25) is 11.8 Å². The molecule has 2 saturated carbocycles. The third-order valence-electron chi connectivity index (χ3n) is 9.84. The number of hydrogen-bond acceptors (Lipinski definition) is 8. The molecule has 12 heteroatoms. The number of nitrogens with zero attached hydrogens (tertiary/aromatic N) is 1. The second kappa shape index (κ2) is 9.27. The van der Waals surface area contributed by atoms with E-state index in [-0.39, 0.29) is 53.2 Å². The van der Waals surface area contributed by atoms with E-state index in [4.69, 9.17) is 5.73 Å². The molecule has 5 rings (SSSR count). The number of carbonyl (C=O) groups is 3. The second-order valence-electron chi connectivity index (χ2n) is 11.7. The van der Waals surface area contributed by atoms with Crippen LogP contribution in [-0.4, -0.2) is 77.7 Å². The Kier molecular flexibility index (Phi) is 6.50. The molecule has 10 nitrogen and oxygen atoms in total. The van der Waals surface area contributed by atoms with E-state index in [0.29, 0.717) is 6.42 Å². The van der Waals surface area contributed by atoms with Gasteiger partial charge in [-0.2, -0.15) is 0 Å². The van der Waals surface area contributed by atoms with Crippen LogP contribution in [0.4, 0.5) is 14.5 Å². The summed E-state index contributed by atoms with van der Waals surface area (Å²) in [6.45, 7) is 2.50. The molecule has 2 amide bonds. The van der Waals surface area contributed by atoms with Gasteiger partial charge in [0.1, 0.15) is 24.0 Å². The summed E-state index contributed by atoms with van der Waals surface area (Å²) in [5, 5.41) is 38.6. The average molecular weight is 561 g/mol. The van der Waals surface area contributed by atoms with Crippen LogP contribution in [0.5, 0.6) is 5.75 Å². The van der Waals surface area contributed by atoms with Crippen molar-refractivity contribution in [2.45, 2.75) is 32.7 Å². The van der Waals surface area contributed by atoms with Gasteiger partial charge in [-0.15, -0.1) is 0 Å². The van der Waals surface area contributed by atoms with Gasteiger partial charge in [-0.3, -0.25) is 19.3 Å². The molecule has 1 aromatic rings. The van der Waals surface area contributed by atoms with Crippen molar-refractivity contribution < 1.29 is 38.5 Å². The zero-order valence-electron chi connectivity index (χ0n) is 22.8. The number of halogens is 2. The highest BCUT2D eigenvalue weighted by molar-refractivity contribution is 6.13. The SMILES string of the molecule is CC1C2(C)C(C(N)=O)=C(O)[C@@H](N(C)C)[C@@H]3C[C@@H]4Cc5c(F)cc(NC(=O)CNCCF)c(O)c5C(O)=C4C(=O)[C@@]132. The van der Waals surface area contributed by atoms with Gasteiger partial charge >= 0.3 is 0 Å². The number of primary amides is 1. The number of rotatable bonds is 7. The Morgan fingerprint density at radius 2 is 1.93 bits per heavy atom. The lowest BCUT2D eigenvalue weighted by atomic mass is 9.56. The highest BCUT2D eigenvalue weighted by Crippen LogP contribution is 2.82. The average Bonchev–Trinajstić information content (AvgIpc) is 3.36. The number of benzene rings is 1. The molecule has 216 valence electrons. The molecule has 4 aliphatic carbocycles. The zero-order chi connectivity index (χ0) is 29.5. The number of fused-ring (bicyclic) bond motifs is 2. The highest BCUT2D eigenvalue weighted by Gasteiger charge is 2.85. The summed E-state index contributed by atoms with van der Waals surface area (Å²) < 4.78 is 27.7. The first kappa shape index (κ1) is 28.0. The molecule has 0 radical (unpaired) electrons. The summed E-state index contributed by atoms with van der Waals surface area (Å²) in [6.07, 6.45) is 0.305. The lowest BCUT2D eigenvalue weighted by Crippen LogP contribution is -2.55. The Labute approximate surface area is 229 Å². The number of ketones is 1. The Morgan fingerprint density at radius 3 is 2.52 bits per heavy atom. The number of nitrogens with two attached hydrogens (primary N) is 1. The summed E-state index contributed by atoms with van der Waals surface area (Å²) in [5.74, 6) is -5.49. The number of aliphatic hydroxyl groups excluding tert-OH is 2. The van der Waals surface area contributed by atoms with E-state index < -0.39 is 76.2 Å². The van der Waals surface area contributed by atoms with Crippen molar-refractivity contribution in [2.75, 3.05) is 39.2 Å². The van der Waals surface area contributed by atoms with E-state index in [1.165, 1.54) is 0 Å². The minimum Gasteiger partial charge on any atom is -0.510 e. The predicted octanol–water partition coefficient (Wildman–Crippen LogP) is 1.94. The topological polar surface area (TPSA) is 165 Å². The van der Waals surface area contributed by atoms with Crippen molar-refractivity contribution in [1.82, 2.24) is 10.2 Å². The van der Waals surface area contributed by atoms with Gasteiger partial charge in [-0.05, 0) is 44.7 Å². The Hall–Kier alpha value is -3.51. The quantitative estimate of drug-likeness (QED) is 0.218. The third kappa shape index (κ3) is 3.41. The fourth-order valence-electron chi connectivity index (χ4n) is 8.15. The lowest BCUT2D eigenvalue weighted by molar-refractivity contribution is -0.130. The number of aromatic hydroxyl groups is 1. The molecule has 0 aromatic heterocycles. The van der Waals surface area contributed by atoms with Crippen molar-refractivity contribution in [2.24, 2.45) is 34.3 Å². The lowest BCUT2D eigenvalue weighted by Gasteiger charge is -2.49. The van der Waals surface area contributed by atoms with E-state index in [2.05, 4.69) is 10.6 Å². The molecule has 7 N–H and O–H groups in total. The van der Waals surface area contributed by atoms with Crippen molar-refractivity contribution in [1.29, 1.82) is 0 Å². The molecule has 1 aromatic carbocycles. The number of phenols is 1. The molecule has 1 spiro atoms. The summed E-state index contributed by atoms with van der Waals surface area (Å²) in [5.41, 5.74) is 2.95. The molecule has 40 heavy (non-hydrogen) atoms. The van der Waals surface area contributed by atoms with Crippen LogP contribution < -0.4 is 16.4 Å². The first-order chi connectivity index (χ1) is 18.8. The van der Waals surface area contributed by atoms with Gasteiger partial charge in [0.15, 0.2) is 11.5 Å². The Bertz CT molecular complexity index is 1410. The van der Waals surface area contributed by atoms with Crippen LogP contribution in [0.3, 0.4) is 0 Å². The molecule has 2 unspecified atom stereocenters. The highest BCUT2D eigenvalue weighted by atomic mass is 19.1. The fraction of sp³-hybridized carbons (Fsp3) is 0.536. The van der Waals surface area contributed by atoms with Crippen molar-refractivity contribution in [3.8, 4) is 5.75 Å². The van der Waals surface area contributed by atoms with E-state index >= 15 is 4.39 Å². The molecular weight excluding hydrogens is 526 g/mol. The van der Waals surface area contributed by atoms with Crippen LogP contribution in [0.25, 0.3) is 5.76 Å².